The fraction of sp³-hybridized carbons (Fsp3) is 0.308. The number of hydrogen-bond acceptors (Lipinski definition) is 2. The molecule has 1 heterocycles. The van der Waals surface area contributed by atoms with Crippen molar-refractivity contribution >= 4 is 10.9 Å². The third-order valence-corrected chi connectivity index (χ3v) is 2.81. The molecule has 1 aromatic carbocycles. The number of nitrogens with zero attached hydrogens (tertiary/aromatic N) is 1. The van der Waals surface area contributed by atoms with Crippen LogP contribution < -0.4 is 4.74 Å². The first kappa shape index (κ1) is 10.6. The Morgan fingerprint density at radius 3 is 2.94 bits per heavy atom. The average Bonchev–Trinajstić information content (AvgIpc) is 2.61. The highest BCUT2D eigenvalue weighted by molar-refractivity contribution is 5.85. The number of nitrogens with one attached hydrogen (secondary N) is 1. The number of hydrogen-bond donors (Lipinski definition) is 1. The van der Waals surface area contributed by atoms with Crippen LogP contribution in [0.5, 0.6) is 5.75 Å². The zero-order valence-corrected chi connectivity index (χ0v) is 9.50. The number of ether oxygens (including phenoxy) is 1. The van der Waals surface area contributed by atoms with Crippen LogP contribution in [0.2, 0.25) is 0 Å². The molecule has 0 unspecified atom stereocenters. The number of H-pyrrole nitrogens is 1. The minimum atomic E-state index is 0.555. The lowest BCUT2D eigenvalue weighted by Crippen LogP contribution is -1.85. The van der Waals surface area contributed by atoms with Gasteiger partial charge in [0.05, 0.1) is 13.2 Å². The second-order valence-electron chi connectivity index (χ2n) is 3.80. The van der Waals surface area contributed by atoms with E-state index < -0.39 is 0 Å². The van der Waals surface area contributed by atoms with Gasteiger partial charge in [0, 0.05) is 29.1 Å². The van der Waals surface area contributed by atoms with Crippen molar-refractivity contribution < 1.29 is 4.74 Å². The van der Waals surface area contributed by atoms with E-state index in [4.69, 9.17) is 10.00 Å². The molecular weight excluding hydrogens is 200 g/mol. The minimum Gasteiger partial charge on any atom is -0.497 e. The number of methoxy groups -OCH3 is 1. The molecule has 1 N–H and O–H groups in total. The Balaban J connectivity index is 2.50. The molecule has 1 aromatic heterocycles. The van der Waals surface area contributed by atoms with E-state index in [2.05, 4.69) is 11.1 Å². The predicted molar refractivity (Wildman–Crippen MR) is 63.5 cm³/mol. The summed E-state index contributed by atoms with van der Waals surface area (Å²) in [4.78, 5) is 3.32. The highest BCUT2D eigenvalue weighted by Gasteiger charge is 2.08. The lowest BCUT2D eigenvalue weighted by atomic mass is 10.1. The van der Waals surface area contributed by atoms with Crippen molar-refractivity contribution in [3.63, 3.8) is 0 Å². The molecule has 0 fully saturated rings. The van der Waals surface area contributed by atoms with Crippen molar-refractivity contribution in [2.75, 3.05) is 7.11 Å². The Morgan fingerprint density at radius 2 is 2.25 bits per heavy atom. The highest BCUT2D eigenvalue weighted by Crippen LogP contribution is 2.26. The molecule has 0 saturated heterocycles. The second kappa shape index (κ2) is 4.28. The van der Waals surface area contributed by atoms with E-state index in [1.807, 2.05) is 25.1 Å². The number of rotatable bonds is 3. The summed E-state index contributed by atoms with van der Waals surface area (Å²) in [6, 6.07) is 8.16. The zero-order chi connectivity index (χ0) is 11.5. The van der Waals surface area contributed by atoms with Crippen molar-refractivity contribution in [1.29, 1.82) is 5.26 Å². The van der Waals surface area contributed by atoms with Crippen LogP contribution in [0.15, 0.2) is 18.2 Å². The highest BCUT2D eigenvalue weighted by atomic mass is 16.5. The third-order valence-electron chi connectivity index (χ3n) is 2.81. The molecule has 0 amide bonds. The van der Waals surface area contributed by atoms with Crippen molar-refractivity contribution in [1.82, 2.24) is 4.98 Å². The van der Waals surface area contributed by atoms with Gasteiger partial charge in [-0.3, -0.25) is 0 Å². The molecule has 3 heteroatoms. The summed E-state index contributed by atoms with van der Waals surface area (Å²) >= 11 is 0. The fourth-order valence-electron chi connectivity index (χ4n) is 2.00. The standard InChI is InChI=1S/C13H14N2O/c1-9-11(4-3-7-14)12-6-5-10(16-2)8-13(12)15-9/h5-6,8,15H,3-4H2,1-2H3. The third kappa shape index (κ3) is 1.74. The molecule has 0 spiro atoms. The van der Waals surface area contributed by atoms with E-state index in [0.29, 0.717) is 6.42 Å². The van der Waals surface area contributed by atoms with Crippen molar-refractivity contribution in [2.45, 2.75) is 19.8 Å². The van der Waals surface area contributed by atoms with Crippen LogP contribution in [0, 0.1) is 18.3 Å². The lowest BCUT2D eigenvalue weighted by molar-refractivity contribution is 0.415. The topological polar surface area (TPSA) is 48.8 Å². The van der Waals surface area contributed by atoms with Crippen LogP contribution in [-0.4, -0.2) is 12.1 Å². The normalized spacial score (nSPS) is 10.3. The number of benzene rings is 1. The molecule has 0 aliphatic heterocycles. The first-order valence-electron chi connectivity index (χ1n) is 5.28. The maximum atomic E-state index is 8.63. The van der Waals surface area contributed by atoms with Crippen LogP contribution in [0.25, 0.3) is 10.9 Å². The second-order valence-corrected chi connectivity index (χ2v) is 3.80. The molecule has 0 radical (unpaired) electrons. The Kier molecular flexibility index (Phi) is 2.82. The number of fused-ring (bicyclic) bond motifs is 1. The zero-order valence-electron chi connectivity index (χ0n) is 9.50. The first-order valence-corrected chi connectivity index (χ1v) is 5.28. The summed E-state index contributed by atoms with van der Waals surface area (Å²) in [5.74, 6) is 0.848. The average molecular weight is 214 g/mol. The largest absolute Gasteiger partial charge is 0.497 e. The van der Waals surface area contributed by atoms with Gasteiger partial charge in [-0.15, -0.1) is 0 Å². The van der Waals surface area contributed by atoms with Gasteiger partial charge in [0.25, 0.3) is 0 Å². The Hall–Kier alpha value is -1.95. The summed E-state index contributed by atoms with van der Waals surface area (Å²) in [6.45, 7) is 2.04. The van der Waals surface area contributed by atoms with Gasteiger partial charge in [0.1, 0.15) is 5.75 Å². The van der Waals surface area contributed by atoms with E-state index in [-0.39, 0.29) is 0 Å². The van der Waals surface area contributed by atoms with Crippen LogP contribution in [0.1, 0.15) is 17.7 Å². The molecular formula is C13H14N2O. The minimum absolute atomic E-state index is 0.555. The molecule has 2 rings (SSSR count). The molecule has 0 saturated carbocycles. The molecule has 0 atom stereocenters. The summed E-state index contributed by atoms with van der Waals surface area (Å²) < 4.78 is 5.18. The molecule has 82 valence electrons. The summed E-state index contributed by atoms with van der Waals surface area (Å²) in [7, 11) is 1.66. The van der Waals surface area contributed by atoms with Gasteiger partial charge in [0.2, 0.25) is 0 Å². The molecule has 3 nitrogen and oxygen atoms in total. The van der Waals surface area contributed by atoms with Crippen LogP contribution in [0.3, 0.4) is 0 Å². The Bertz CT molecular complexity index is 549. The Morgan fingerprint density at radius 1 is 1.44 bits per heavy atom. The van der Waals surface area contributed by atoms with Crippen LogP contribution in [0.4, 0.5) is 0 Å². The van der Waals surface area contributed by atoms with E-state index in [1.165, 1.54) is 10.9 Å². The SMILES string of the molecule is COc1ccc2c(CCC#N)c(C)[nH]c2c1. The number of aromatic amines is 1. The number of aryl methyl sites for hydroxylation is 2. The molecule has 16 heavy (non-hydrogen) atoms. The molecule has 2 aromatic rings. The van der Waals surface area contributed by atoms with Gasteiger partial charge in [0.15, 0.2) is 0 Å². The fourth-order valence-corrected chi connectivity index (χ4v) is 2.00. The van der Waals surface area contributed by atoms with Gasteiger partial charge in [-0.1, -0.05) is 0 Å². The van der Waals surface area contributed by atoms with E-state index in [9.17, 15) is 0 Å². The van der Waals surface area contributed by atoms with Gasteiger partial charge in [-0.25, -0.2) is 0 Å². The first-order chi connectivity index (χ1) is 7.76. The maximum Gasteiger partial charge on any atom is 0.120 e. The molecule has 0 bridgehead atoms. The smallest absolute Gasteiger partial charge is 0.120 e. The summed E-state index contributed by atoms with van der Waals surface area (Å²) in [6.07, 6.45) is 1.36. The van der Waals surface area contributed by atoms with E-state index in [1.54, 1.807) is 7.11 Å². The van der Waals surface area contributed by atoms with Gasteiger partial charge in [-0.05, 0) is 31.0 Å². The van der Waals surface area contributed by atoms with Gasteiger partial charge in [-0.2, -0.15) is 5.26 Å². The molecule has 0 aliphatic carbocycles. The van der Waals surface area contributed by atoms with Gasteiger partial charge < -0.3 is 9.72 Å². The van der Waals surface area contributed by atoms with Crippen molar-refractivity contribution in [2.24, 2.45) is 0 Å². The van der Waals surface area contributed by atoms with Crippen molar-refractivity contribution in [3.05, 3.63) is 29.5 Å². The predicted octanol–water partition coefficient (Wildman–Crippen LogP) is 2.94. The summed E-state index contributed by atoms with van der Waals surface area (Å²) in [5.41, 5.74) is 3.45. The lowest BCUT2D eigenvalue weighted by Gasteiger charge is -2.00. The number of aromatic nitrogens is 1. The summed E-state index contributed by atoms with van der Waals surface area (Å²) in [5, 5.41) is 9.82. The van der Waals surface area contributed by atoms with E-state index in [0.717, 1.165) is 23.4 Å². The van der Waals surface area contributed by atoms with Gasteiger partial charge >= 0.3 is 0 Å². The quantitative estimate of drug-likeness (QED) is 0.853. The van der Waals surface area contributed by atoms with Crippen molar-refractivity contribution in [3.8, 4) is 11.8 Å². The maximum absolute atomic E-state index is 8.63. The monoisotopic (exact) mass is 214 g/mol. The van der Waals surface area contributed by atoms with Crippen LogP contribution in [-0.2, 0) is 6.42 Å². The van der Waals surface area contributed by atoms with Crippen LogP contribution >= 0.6 is 0 Å². The number of nitriles is 1. The Labute approximate surface area is 94.7 Å². The molecule has 0 aliphatic rings. The van der Waals surface area contributed by atoms with E-state index >= 15 is 0 Å².